The highest BCUT2D eigenvalue weighted by Gasteiger charge is 2.33. The van der Waals surface area contributed by atoms with Gasteiger partial charge in [-0.3, -0.25) is 9.69 Å². The maximum atomic E-state index is 13.0. The average Bonchev–Trinajstić information content (AvgIpc) is 2.80. The van der Waals surface area contributed by atoms with Crippen molar-refractivity contribution in [3.05, 3.63) is 60.3 Å². The number of carbonyl (C=O) groups excluding carboxylic acids is 1. The third-order valence-corrected chi connectivity index (χ3v) is 3.64. The molecule has 0 fully saturated rings. The molecule has 0 N–H and O–H groups in total. The van der Waals surface area contributed by atoms with Crippen LogP contribution in [0, 0.1) is 0 Å². The van der Waals surface area contributed by atoms with Crippen LogP contribution in [0.1, 0.15) is 12.5 Å². The molecule has 1 aliphatic rings. The van der Waals surface area contributed by atoms with Gasteiger partial charge in [-0.25, -0.2) is 0 Å². The fourth-order valence-electron chi connectivity index (χ4n) is 2.76. The zero-order chi connectivity index (χ0) is 16.4. The first-order chi connectivity index (χ1) is 11.1. The number of benzene rings is 2. The van der Waals surface area contributed by atoms with Crippen LogP contribution in [0.15, 0.2) is 54.7 Å². The minimum absolute atomic E-state index is 0.0199. The Bertz CT molecular complexity index is 765. The summed E-state index contributed by atoms with van der Waals surface area (Å²) in [6.45, 7) is 2.54. The molecule has 4 nitrogen and oxygen atoms in total. The van der Waals surface area contributed by atoms with Crippen molar-refractivity contribution in [1.82, 2.24) is 4.90 Å². The summed E-state index contributed by atoms with van der Waals surface area (Å²) in [6, 6.07) is 15.5. The molecule has 23 heavy (non-hydrogen) atoms. The lowest BCUT2D eigenvalue weighted by Crippen LogP contribution is -2.21. The van der Waals surface area contributed by atoms with Crippen LogP contribution in [0.3, 0.4) is 0 Å². The minimum Gasteiger partial charge on any atom is -0.494 e. The molecule has 0 aromatic heterocycles. The Morgan fingerprint density at radius 3 is 2.65 bits per heavy atom. The molecule has 3 rings (SSSR count). The molecular weight excluding hydrogens is 288 g/mol. The maximum absolute atomic E-state index is 13.0. The van der Waals surface area contributed by atoms with E-state index < -0.39 is 0 Å². The lowest BCUT2D eigenvalue weighted by Gasteiger charge is -2.18. The number of rotatable bonds is 4. The third-order valence-electron chi connectivity index (χ3n) is 3.64. The summed E-state index contributed by atoms with van der Waals surface area (Å²) in [6.07, 6.45) is 1.87. The van der Waals surface area contributed by atoms with Crippen LogP contribution in [0.4, 0.5) is 11.4 Å². The van der Waals surface area contributed by atoms with Gasteiger partial charge >= 0.3 is 0 Å². The second kappa shape index (κ2) is 6.16. The van der Waals surface area contributed by atoms with Gasteiger partial charge in [-0.1, -0.05) is 24.3 Å². The predicted octanol–water partition coefficient (Wildman–Crippen LogP) is 3.67. The van der Waals surface area contributed by atoms with Crippen molar-refractivity contribution in [2.45, 2.75) is 6.92 Å². The predicted molar refractivity (Wildman–Crippen MR) is 92.9 cm³/mol. The highest BCUT2D eigenvalue weighted by molar-refractivity contribution is 6.34. The number of ether oxygens (including phenoxy) is 1. The van der Waals surface area contributed by atoms with E-state index >= 15 is 0 Å². The molecule has 4 heteroatoms. The number of para-hydroxylation sites is 1. The summed E-state index contributed by atoms with van der Waals surface area (Å²) in [5.41, 5.74) is 3.37. The highest BCUT2D eigenvalue weighted by Crippen LogP contribution is 2.41. The lowest BCUT2D eigenvalue weighted by atomic mass is 10.1. The molecule has 0 atom stereocenters. The van der Waals surface area contributed by atoms with E-state index in [1.54, 1.807) is 4.90 Å². The van der Waals surface area contributed by atoms with Gasteiger partial charge in [-0.15, -0.1) is 0 Å². The van der Waals surface area contributed by atoms with Crippen LogP contribution in [-0.2, 0) is 4.79 Å². The van der Waals surface area contributed by atoms with E-state index in [2.05, 4.69) is 0 Å². The van der Waals surface area contributed by atoms with Gasteiger partial charge in [0, 0.05) is 31.9 Å². The van der Waals surface area contributed by atoms with E-state index in [9.17, 15) is 4.79 Å². The minimum atomic E-state index is -0.0199. The lowest BCUT2D eigenvalue weighted by molar-refractivity contribution is -0.112. The summed E-state index contributed by atoms with van der Waals surface area (Å²) >= 11 is 0. The molecule has 0 radical (unpaired) electrons. The first kappa shape index (κ1) is 15.2. The van der Waals surface area contributed by atoms with Gasteiger partial charge in [-0.05, 0) is 25.1 Å². The molecule has 2 aromatic rings. The SMILES string of the molecule is CCOc1cccc(N2C(=O)C(=CN(C)C)c3ccccc32)c1. The molecule has 0 unspecified atom stereocenters. The van der Waals surface area contributed by atoms with Crippen molar-refractivity contribution in [3.63, 3.8) is 0 Å². The van der Waals surface area contributed by atoms with E-state index in [4.69, 9.17) is 4.74 Å². The molecule has 0 bridgehead atoms. The normalized spacial score (nSPS) is 15.0. The van der Waals surface area contributed by atoms with Crippen molar-refractivity contribution in [2.24, 2.45) is 0 Å². The van der Waals surface area contributed by atoms with Crippen molar-refractivity contribution in [2.75, 3.05) is 25.6 Å². The number of fused-ring (bicyclic) bond motifs is 1. The Morgan fingerprint density at radius 2 is 1.91 bits per heavy atom. The third kappa shape index (κ3) is 2.80. The van der Waals surface area contributed by atoms with Gasteiger partial charge in [-0.2, -0.15) is 0 Å². The molecule has 2 aromatic carbocycles. The number of hydrogen-bond donors (Lipinski definition) is 0. The molecule has 1 amide bonds. The van der Waals surface area contributed by atoms with E-state index in [0.717, 1.165) is 22.7 Å². The number of amides is 1. The molecule has 0 aliphatic carbocycles. The summed E-state index contributed by atoms with van der Waals surface area (Å²) in [4.78, 5) is 16.6. The summed E-state index contributed by atoms with van der Waals surface area (Å²) in [5, 5.41) is 0. The van der Waals surface area contributed by atoms with E-state index in [1.807, 2.05) is 80.6 Å². The first-order valence-corrected chi connectivity index (χ1v) is 7.66. The summed E-state index contributed by atoms with van der Waals surface area (Å²) < 4.78 is 5.56. The Balaban J connectivity index is 2.10. The number of carbonyl (C=O) groups is 1. The first-order valence-electron chi connectivity index (χ1n) is 7.66. The van der Waals surface area contributed by atoms with Gasteiger partial charge in [0.05, 0.1) is 23.6 Å². The quantitative estimate of drug-likeness (QED) is 0.808. The van der Waals surface area contributed by atoms with Crippen molar-refractivity contribution in [3.8, 4) is 5.75 Å². The monoisotopic (exact) mass is 308 g/mol. The standard InChI is InChI=1S/C19H20N2O2/c1-4-23-15-9-7-8-14(12-15)21-18-11-6-5-10-16(18)17(19(21)22)13-20(2)3/h5-13H,4H2,1-3H3. The smallest absolute Gasteiger partial charge is 0.265 e. The van der Waals surface area contributed by atoms with Gasteiger partial charge in [0.15, 0.2) is 0 Å². The van der Waals surface area contributed by atoms with Crippen LogP contribution in [0.2, 0.25) is 0 Å². The van der Waals surface area contributed by atoms with Crippen LogP contribution < -0.4 is 9.64 Å². The van der Waals surface area contributed by atoms with Gasteiger partial charge in [0.25, 0.3) is 5.91 Å². The Kier molecular flexibility index (Phi) is 4.06. The van der Waals surface area contributed by atoms with Crippen molar-refractivity contribution in [1.29, 1.82) is 0 Å². The number of anilines is 2. The Labute approximate surface area is 136 Å². The largest absolute Gasteiger partial charge is 0.494 e. The van der Waals surface area contributed by atoms with Gasteiger partial charge < -0.3 is 9.64 Å². The van der Waals surface area contributed by atoms with Crippen molar-refractivity contribution >= 4 is 22.9 Å². The molecule has 1 heterocycles. The Morgan fingerprint density at radius 1 is 1.13 bits per heavy atom. The number of nitrogens with zero attached hydrogens (tertiary/aromatic N) is 2. The average molecular weight is 308 g/mol. The molecule has 0 saturated heterocycles. The molecular formula is C19H20N2O2. The molecule has 118 valence electrons. The summed E-state index contributed by atoms with van der Waals surface area (Å²) in [5.74, 6) is 0.744. The molecule has 0 spiro atoms. The van der Waals surface area contributed by atoms with Crippen LogP contribution >= 0.6 is 0 Å². The van der Waals surface area contributed by atoms with Crippen LogP contribution in [0.25, 0.3) is 5.57 Å². The van der Waals surface area contributed by atoms with E-state index in [1.165, 1.54) is 0 Å². The zero-order valence-corrected chi connectivity index (χ0v) is 13.6. The van der Waals surface area contributed by atoms with E-state index in [-0.39, 0.29) is 5.91 Å². The van der Waals surface area contributed by atoms with Gasteiger partial charge in [0.1, 0.15) is 5.75 Å². The topological polar surface area (TPSA) is 32.8 Å². The number of hydrogen-bond acceptors (Lipinski definition) is 3. The summed E-state index contributed by atoms with van der Waals surface area (Å²) in [7, 11) is 3.84. The molecule has 0 saturated carbocycles. The van der Waals surface area contributed by atoms with Gasteiger partial charge in [0.2, 0.25) is 0 Å². The fraction of sp³-hybridized carbons (Fsp3) is 0.211. The molecule has 1 aliphatic heterocycles. The highest BCUT2D eigenvalue weighted by atomic mass is 16.5. The Hall–Kier alpha value is -2.75. The van der Waals surface area contributed by atoms with Crippen LogP contribution in [0.5, 0.6) is 5.75 Å². The maximum Gasteiger partial charge on any atom is 0.265 e. The van der Waals surface area contributed by atoms with E-state index in [0.29, 0.717) is 12.2 Å². The second-order valence-corrected chi connectivity index (χ2v) is 5.59. The zero-order valence-electron chi connectivity index (χ0n) is 13.6. The van der Waals surface area contributed by atoms with Crippen molar-refractivity contribution < 1.29 is 9.53 Å². The second-order valence-electron chi connectivity index (χ2n) is 5.59. The fourth-order valence-corrected chi connectivity index (χ4v) is 2.76. The van der Waals surface area contributed by atoms with Crippen LogP contribution in [-0.4, -0.2) is 31.5 Å².